The Morgan fingerprint density at radius 2 is 2.31 bits per heavy atom. The standard InChI is InChI=1S/C12H18N2O2/c1-8-5-14(7-11(8)12(13)15)6-10-4-3-9(2)16-10/h3-4,8,11H,5-7H2,1-2H3,(H2,13,15)/t8-,11-/m1/s1. The van der Waals surface area contributed by atoms with Gasteiger partial charge in [-0.2, -0.15) is 0 Å². The second kappa shape index (κ2) is 4.29. The zero-order valence-corrected chi connectivity index (χ0v) is 9.77. The number of primary amides is 1. The van der Waals surface area contributed by atoms with E-state index in [9.17, 15) is 4.79 Å². The minimum atomic E-state index is -0.189. The minimum absolute atomic E-state index is 0.0175. The molecule has 0 aromatic carbocycles. The summed E-state index contributed by atoms with van der Waals surface area (Å²) in [6.07, 6.45) is 0. The molecule has 4 heteroatoms. The van der Waals surface area contributed by atoms with Crippen molar-refractivity contribution in [1.82, 2.24) is 4.90 Å². The molecule has 0 unspecified atom stereocenters. The average molecular weight is 222 g/mol. The molecule has 4 nitrogen and oxygen atoms in total. The number of carbonyl (C=O) groups excluding carboxylic acids is 1. The number of hydrogen-bond acceptors (Lipinski definition) is 3. The van der Waals surface area contributed by atoms with Gasteiger partial charge in [-0.15, -0.1) is 0 Å². The number of carbonyl (C=O) groups is 1. The lowest BCUT2D eigenvalue weighted by molar-refractivity contribution is -0.122. The van der Waals surface area contributed by atoms with E-state index in [0.717, 1.165) is 31.2 Å². The van der Waals surface area contributed by atoms with Crippen molar-refractivity contribution in [3.63, 3.8) is 0 Å². The first-order valence-electron chi connectivity index (χ1n) is 5.63. The number of furan rings is 1. The van der Waals surface area contributed by atoms with Crippen molar-refractivity contribution in [2.75, 3.05) is 13.1 Å². The predicted molar refractivity (Wildman–Crippen MR) is 60.6 cm³/mol. The Labute approximate surface area is 95.4 Å². The van der Waals surface area contributed by atoms with Crippen LogP contribution in [0, 0.1) is 18.8 Å². The summed E-state index contributed by atoms with van der Waals surface area (Å²) in [5.74, 6) is 2.01. The smallest absolute Gasteiger partial charge is 0.222 e. The number of nitrogens with two attached hydrogens (primary N) is 1. The third-order valence-corrected chi connectivity index (χ3v) is 3.23. The first-order chi connectivity index (χ1) is 7.56. The monoisotopic (exact) mass is 222 g/mol. The lowest BCUT2D eigenvalue weighted by Crippen LogP contribution is -2.29. The van der Waals surface area contributed by atoms with Gasteiger partial charge < -0.3 is 10.2 Å². The van der Waals surface area contributed by atoms with E-state index in [4.69, 9.17) is 10.2 Å². The number of rotatable bonds is 3. The van der Waals surface area contributed by atoms with Gasteiger partial charge in [0.05, 0.1) is 12.5 Å². The zero-order chi connectivity index (χ0) is 11.7. The first-order valence-corrected chi connectivity index (χ1v) is 5.63. The van der Waals surface area contributed by atoms with Crippen LogP contribution in [0.15, 0.2) is 16.5 Å². The van der Waals surface area contributed by atoms with Crippen LogP contribution in [0.2, 0.25) is 0 Å². The van der Waals surface area contributed by atoms with E-state index in [2.05, 4.69) is 11.8 Å². The molecule has 88 valence electrons. The van der Waals surface area contributed by atoms with Crippen molar-refractivity contribution in [1.29, 1.82) is 0 Å². The van der Waals surface area contributed by atoms with Gasteiger partial charge in [0.15, 0.2) is 0 Å². The summed E-state index contributed by atoms with van der Waals surface area (Å²) < 4.78 is 5.52. The Morgan fingerprint density at radius 3 is 2.81 bits per heavy atom. The highest BCUT2D eigenvalue weighted by molar-refractivity contribution is 5.77. The Hall–Kier alpha value is -1.29. The van der Waals surface area contributed by atoms with Gasteiger partial charge in [-0.05, 0) is 25.0 Å². The summed E-state index contributed by atoms with van der Waals surface area (Å²) in [5, 5.41) is 0. The third kappa shape index (κ3) is 2.27. The molecule has 1 aromatic heterocycles. The van der Waals surface area contributed by atoms with E-state index in [0.29, 0.717) is 5.92 Å². The molecule has 1 aliphatic heterocycles. The molecule has 1 saturated heterocycles. The third-order valence-electron chi connectivity index (χ3n) is 3.23. The number of amides is 1. The van der Waals surface area contributed by atoms with Crippen molar-refractivity contribution < 1.29 is 9.21 Å². The van der Waals surface area contributed by atoms with E-state index in [-0.39, 0.29) is 11.8 Å². The van der Waals surface area contributed by atoms with Crippen LogP contribution >= 0.6 is 0 Å². The number of hydrogen-bond donors (Lipinski definition) is 1. The highest BCUT2D eigenvalue weighted by atomic mass is 16.3. The molecule has 2 N–H and O–H groups in total. The normalized spacial score (nSPS) is 26.1. The van der Waals surface area contributed by atoms with Crippen molar-refractivity contribution in [3.8, 4) is 0 Å². The molecule has 2 heterocycles. The van der Waals surface area contributed by atoms with Crippen molar-refractivity contribution in [3.05, 3.63) is 23.7 Å². The zero-order valence-electron chi connectivity index (χ0n) is 9.77. The number of aryl methyl sites for hydroxylation is 1. The maximum absolute atomic E-state index is 11.2. The van der Waals surface area contributed by atoms with Gasteiger partial charge in [-0.3, -0.25) is 9.69 Å². The van der Waals surface area contributed by atoms with Gasteiger partial charge in [0.2, 0.25) is 5.91 Å². The van der Waals surface area contributed by atoms with Crippen LogP contribution in [0.5, 0.6) is 0 Å². The van der Waals surface area contributed by atoms with Gasteiger partial charge in [0.25, 0.3) is 0 Å². The molecule has 2 rings (SSSR count). The Balaban J connectivity index is 1.96. The molecule has 0 radical (unpaired) electrons. The maximum Gasteiger partial charge on any atom is 0.222 e. The van der Waals surface area contributed by atoms with E-state index < -0.39 is 0 Å². The topological polar surface area (TPSA) is 59.5 Å². The van der Waals surface area contributed by atoms with Crippen LogP contribution in [0.3, 0.4) is 0 Å². The van der Waals surface area contributed by atoms with Gasteiger partial charge in [0.1, 0.15) is 11.5 Å². The van der Waals surface area contributed by atoms with Gasteiger partial charge in [-0.1, -0.05) is 6.92 Å². The number of likely N-dealkylation sites (tertiary alicyclic amines) is 1. The fourth-order valence-electron chi connectivity index (χ4n) is 2.36. The second-order valence-electron chi connectivity index (χ2n) is 4.69. The second-order valence-corrected chi connectivity index (χ2v) is 4.69. The fourth-order valence-corrected chi connectivity index (χ4v) is 2.36. The van der Waals surface area contributed by atoms with Gasteiger partial charge in [-0.25, -0.2) is 0 Å². The van der Waals surface area contributed by atoms with Crippen LogP contribution in [0.1, 0.15) is 18.4 Å². The molecule has 0 saturated carbocycles. The minimum Gasteiger partial charge on any atom is -0.465 e. The molecule has 1 aromatic rings. The van der Waals surface area contributed by atoms with E-state index in [1.165, 1.54) is 0 Å². The average Bonchev–Trinajstić information content (AvgIpc) is 2.73. The van der Waals surface area contributed by atoms with Crippen LogP contribution in [0.4, 0.5) is 0 Å². The Kier molecular flexibility index (Phi) is 3.01. The molecule has 1 aliphatic rings. The first kappa shape index (κ1) is 11.2. The quantitative estimate of drug-likeness (QED) is 0.834. The maximum atomic E-state index is 11.2. The summed E-state index contributed by atoms with van der Waals surface area (Å²) >= 11 is 0. The van der Waals surface area contributed by atoms with Crippen molar-refractivity contribution in [2.45, 2.75) is 20.4 Å². The lowest BCUT2D eigenvalue weighted by atomic mass is 9.98. The summed E-state index contributed by atoms with van der Waals surface area (Å²) in [6.45, 7) is 6.43. The molecule has 16 heavy (non-hydrogen) atoms. The molecule has 2 atom stereocenters. The Morgan fingerprint density at radius 1 is 1.56 bits per heavy atom. The molecule has 0 aliphatic carbocycles. The molecular weight excluding hydrogens is 204 g/mol. The van der Waals surface area contributed by atoms with Gasteiger partial charge >= 0.3 is 0 Å². The molecular formula is C12H18N2O2. The highest BCUT2D eigenvalue weighted by Gasteiger charge is 2.33. The summed E-state index contributed by atoms with van der Waals surface area (Å²) in [7, 11) is 0. The molecule has 0 bridgehead atoms. The summed E-state index contributed by atoms with van der Waals surface area (Å²) in [5.41, 5.74) is 5.36. The van der Waals surface area contributed by atoms with Gasteiger partial charge in [0, 0.05) is 13.1 Å². The number of nitrogens with zero attached hydrogens (tertiary/aromatic N) is 1. The van der Waals surface area contributed by atoms with E-state index in [1.807, 2.05) is 19.1 Å². The SMILES string of the molecule is Cc1ccc(CN2C[C@@H](C)[C@H](C(N)=O)C2)o1. The highest BCUT2D eigenvalue weighted by Crippen LogP contribution is 2.24. The fraction of sp³-hybridized carbons (Fsp3) is 0.583. The molecule has 1 fully saturated rings. The lowest BCUT2D eigenvalue weighted by Gasteiger charge is -2.12. The van der Waals surface area contributed by atoms with Crippen LogP contribution < -0.4 is 5.73 Å². The van der Waals surface area contributed by atoms with E-state index in [1.54, 1.807) is 0 Å². The van der Waals surface area contributed by atoms with E-state index >= 15 is 0 Å². The van der Waals surface area contributed by atoms with Crippen LogP contribution in [-0.2, 0) is 11.3 Å². The molecule has 0 spiro atoms. The predicted octanol–water partition coefficient (Wildman–Crippen LogP) is 1.14. The molecule has 1 amide bonds. The van der Waals surface area contributed by atoms with Crippen LogP contribution in [-0.4, -0.2) is 23.9 Å². The Bertz CT molecular complexity index is 386. The van der Waals surface area contributed by atoms with Crippen molar-refractivity contribution in [2.24, 2.45) is 17.6 Å². The summed E-state index contributed by atoms with van der Waals surface area (Å²) in [4.78, 5) is 13.4. The summed E-state index contributed by atoms with van der Waals surface area (Å²) in [6, 6.07) is 3.94. The van der Waals surface area contributed by atoms with Crippen molar-refractivity contribution >= 4 is 5.91 Å². The van der Waals surface area contributed by atoms with Crippen LogP contribution in [0.25, 0.3) is 0 Å². The largest absolute Gasteiger partial charge is 0.465 e.